The first-order valence-corrected chi connectivity index (χ1v) is 9.50. The topological polar surface area (TPSA) is 49.6 Å². The van der Waals surface area contributed by atoms with Gasteiger partial charge in [0.2, 0.25) is 5.65 Å². The SMILES string of the molecule is Cc1cccc(CN2CCN(c3nccn4c(C5CC5)nnc34)CC2)c1. The largest absolute Gasteiger partial charge is 0.351 e. The Hall–Kier alpha value is -2.47. The van der Waals surface area contributed by atoms with E-state index in [1.807, 2.05) is 12.4 Å². The summed E-state index contributed by atoms with van der Waals surface area (Å²) < 4.78 is 2.14. The summed E-state index contributed by atoms with van der Waals surface area (Å²) in [4.78, 5) is 9.50. The molecule has 3 aromatic rings. The Morgan fingerprint density at radius 1 is 1.08 bits per heavy atom. The average molecular weight is 348 g/mol. The van der Waals surface area contributed by atoms with Crippen LogP contribution in [0.5, 0.6) is 0 Å². The highest BCUT2D eigenvalue weighted by atomic mass is 15.3. The molecule has 0 unspecified atom stereocenters. The lowest BCUT2D eigenvalue weighted by Gasteiger charge is -2.35. The lowest BCUT2D eigenvalue weighted by molar-refractivity contribution is 0.249. The maximum Gasteiger partial charge on any atom is 0.203 e. The van der Waals surface area contributed by atoms with Crippen molar-refractivity contribution in [1.82, 2.24) is 24.5 Å². The summed E-state index contributed by atoms with van der Waals surface area (Å²) in [6, 6.07) is 8.80. The number of hydrogen-bond donors (Lipinski definition) is 0. The van der Waals surface area contributed by atoms with Gasteiger partial charge in [-0.3, -0.25) is 9.30 Å². The maximum absolute atomic E-state index is 4.63. The van der Waals surface area contributed by atoms with Crippen LogP contribution in [0.3, 0.4) is 0 Å². The van der Waals surface area contributed by atoms with Crippen molar-refractivity contribution in [3.8, 4) is 0 Å². The number of fused-ring (bicyclic) bond motifs is 1. The second-order valence-electron chi connectivity index (χ2n) is 7.53. The second kappa shape index (κ2) is 6.36. The van der Waals surface area contributed by atoms with Crippen LogP contribution in [0.1, 0.15) is 35.7 Å². The van der Waals surface area contributed by atoms with E-state index < -0.39 is 0 Å². The summed E-state index contributed by atoms with van der Waals surface area (Å²) in [7, 11) is 0. The lowest BCUT2D eigenvalue weighted by atomic mass is 10.1. The first-order chi connectivity index (χ1) is 12.8. The first-order valence-electron chi connectivity index (χ1n) is 9.50. The molecule has 1 saturated heterocycles. The molecule has 0 amide bonds. The zero-order valence-electron chi connectivity index (χ0n) is 15.2. The van der Waals surface area contributed by atoms with Gasteiger partial charge in [0.15, 0.2) is 5.82 Å². The Balaban J connectivity index is 1.30. The van der Waals surface area contributed by atoms with Crippen molar-refractivity contribution >= 4 is 11.5 Å². The van der Waals surface area contributed by atoms with Crippen LogP contribution < -0.4 is 4.90 Å². The Labute approximate surface area is 153 Å². The van der Waals surface area contributed by atoms with E-state index in [2.05, 4.69) is 60.6 Å². The summed E-state index contributed by atoms with van der Waals surface area (Å²) in [6.45, 7) is 7.21. The summed E-state index contributed by atoms with van der Waals surface area (Å²) in [5.41, 5.74) is 3.63. The van der Waals surface area contributed by atoms with Gasteiger partial charge in [0.05, 0.1) is 0 Å². The minimum atomic E-state index is 0.589. The molecule has 0 atom stereocenters. The molecule has 1 aromatic carbocycles. The van der Waals surface area contributed by atoms with Crippen molar-refractivity contribution in [1.29, 1.82) is 0 Å². The van der Waals surface area contributed by atoms with Gasteiger partial charge in [0, 0.05) is 51.0 Å². The minimum absolute atomic E-state index is 0.589. The smallest absolute Gasteiger partial charge is 0.203 e. The molecule has 0 spiro atoms. The normalized spacial score (nSPS) is 18.6. The highest BCUT2D eigenvalue weighted by Crippen LogP contribution is 2.39. The van der Waals surface area contributed by atoms with Crippen LogP contribution in [0.15, 0.2) is 36.7 Å². The van der Waals surface area contributed by atoms with Crippen molar-refractivity contribution in [2.45, 2.75) is 32.2 Å². The second-order valence-corrected chi connectivity index (χ2v) is 7.53. The summed E-state index contributed by atoms with van der Waals surface area (Å²) in [6.07, 6.45) is 6.35. The Morgan fingerprint density at radius 3 is 2.69 bits per heavy atom. The molecule has 6 heteroatoms. The molecule has 2 fully saturated rings. The Morgan fingerprint density at radius 2 is 1.92 bits per heavy atom. The van der Waals surface area contributed by atoms with Crippen LogP contribution in [0.25, 0.3) is 5.65 Å². The monoisotopic (exact) mass is 348 g/mol. The highest BCUT2D eigenvalue weighted by molar-refractivity contribution is 5.64. The van der Waals surface area contributed by atoms with Crippen LogP contribution in [-0.4, -0.2) is 50.7 Å². The number of nitrogens with zero attached hydrogens (tertiary/aromatic N) is 6. The Kier molecular flexibility index (Phi) is 3.85. The van der Waals surface area contributed by atoms with E-state index >= 15 is 0 Å². The van der Waals surface area contributed by atoms with E-state index in [0.29, 0.717) is 5.92 Å². The van der Waals surface area contributed by atoms with Crippen LogP contribution in [0, 0.1) is 6.92 Å². The van der Waals surface area contributed by atoms with Gasteiger partial charge >= 0.3 is 0 Å². The molecule has 26 heavy (non-hydrogen) atoms. The first kappa shape index (κ1) is 15.8. The van der Waals surface area contributed by atoms with Crippen molar-refractivity contribution in [3.63, 3.8) is 0 Å². The van der Waals surface area contributed by atoms with Crippen LogP contribution in [0.2, 0.25) is 0 Å². The van der Waals surface area contributed by atoms with Crippen LogP contribution >= 0.6 is 0 Å². The number of aromatic nitrogens is 4. The van der Waals surface area contributed by atoms with Gasteiger partial charge < -0.3 is 4.90 Å². The zero-order chi connectivity index (χ0) is 17.5. The van der Waals surface area contributed by atoms with Crippen LogP contribution in [-0.2, 0) is 6.54 Å². The number of aryl methyl sites for hydroxylation is 1. The molecule has 1 saturated carbocycles. The minimum Gasteiger partial charge on any atom is -0.351 e. The van der Waals surface area contributed by atoms with E-state index in [1.165, 1.54) is 24.0 Å². The number of rotatable bonds is 4. The number of piperazine rings is 1. The molecule has 3 heterocycles. The molecule has 6 nitrogen and oxygen atoms in total. The predicted octanol–water partition coefficient (Wildman–Crippen LogP) is 2.63. The molecule has 1 aliphatic heterocycles. The number of benzene rings is 1. The van der Waals surface area contributed by atoms with Gasteiger partial charge in [-0.25, -0.2) is 4.98 Å². The van der Waals surface area contributed by atoms with Crippen molar-refractivity contribution in [2.24, 2.45) is 0 Å². The molecular formula is C20H24N6. The molecule has 0 bridgehead atoms. The third-order valence-electron chi connectivity index (χ3n) is 5.44. The van der Waals surface area contributed by atoms with E-state index in [9.17, 15) is 0 Å². The van der Waals surface area contributed by atoms with Crippen molar-refractivity contribution in [3.05, 3.63) is 53.6 Å². The lowest BCUT2D eigenvalue weighted by Crippen LogP contribution is -2.46. The standard InChI is InChI=1S/C20H24N6/c1-15-3-2-4-16(13-15)14-24-9-11-25(12-10-24)19-20-23-22-18(17-5-6-17)26(20)8-7-21-19/h2-4,7-8,13,17H,5-6,9-12,14H2,1H3. The van der Waals surface area contributed by atoms with Gasteiger partial charge in [-0.1, -0.05) is 29.8 Å². The van der Waals surface area contributed by atoms with Crippen molar-refractivity contribution in [2.75, 3.05) is 31.1 Å². The molecule has 2 aromatic heterocycles. The van der Waals surface area contributed by atoms with Gasteiger partial charge in [-0.2, -0.15) is 0 Å². The third kappa shape index (κ3) is 2.94. The van der Waals surface area contributed by atoms with E-state index in [0.717, 1.165) is 50.0 Å². The fraction of sp³-hybridized carbons (Fsp3) is 0.450. The molecule has 2 aliphatic rings. The quantitative estimate of drug-likeness (QED) is 0.725. The average Bonchev–Trinajstić information content (AvgIpc) is 3.41. The molecule has 0 radical (unpaired) electrons. The fourth-order valence-electron chi connectivity index (χ4n) is 3.86. The van der Waals surface area contributed by atoms with Gasteiger partial charge in [-0.15, -0.1) is 10.2 Å². The molecule has 5 rings (SSSR count). The van der Waals surface area contributed by atoms with Gasteiger partial charge in [0.25, 0.3) is 0 Å². The predicted molar refractivity (Wildman–Crippen MR) is 101 cm³/mol. The Bertz CT molecular complexity index is 921. The van der Waals surface area contributed by atoms with Crippen LogP contribution in [0.4, 0.5) is 5.82 Å². The molecular weight excluding hydrogens is 324 g/mol. The summed E-state index contributed by atoms with van der Waals surface area (Å²) in [5, 5.41) is 8.87. The van der Waals surface area contributed by atoms with Gasteiger partial charge in [0.1, 0.15) is 5.82 Å². The zero-order valence-corrected chi connectivity index (χ0v) is 15.2. The fourth-order valence-corrected chi connectivity index (χ4v) is 3.86. The molecule has 0 N–H and O–H groups in total. The van der Waals surface area contributed by atoms with Gasteiger partial charge in [-0.05, 0) is 25.3 Å². The van der Waals surface area contributed by atoms with E-state index in [-0.39, 0.29) is 0 Å². The summed E-state index contributed by atoms with van der Waals surface area (Å²) in [5.74, 6) is 2.66. The van der Waals surface area contributed by atoms with E-state index in [1.54, 1.807) is 0 Å². The van der Waals surface area contributed by atoms with E-state index in [4.69, 9.17) is 0 Å². The van der Waals surface area contributed by atoms with Crippen molar-refractivity contribution < 1.29 is 0 Å². The summed E-state index contributed by atoms with van der Waals surface area (Å²) >= 11 is 0. The molecule has 134 valence electrons. The molecule has 1 aliphatic carbocycles. The number of hydrogen-bond acceptors (Lipinski definition) is 5. The highest BCUT2D eigenvalue weighted by Gasteiger charge is 2.30. The number of anilines is 1. The maximum atomic E-state index is 4.63. The third-order valence-corrected chi connectivity index (χ3v) is 5.44.